The van der Waals surface area contributed by atoms with E-state index in [1.807, 2.05) is 26.8 Å². The maximum Gasteiger partial charge on any atom is 0.342 e. The predicted molar refractivity (Wildman–Crippen MR) is 243 cm³/mol. The summed E-state index contributed by atoms with van der Waals surface area (Å²) in [5, 5.41) is 21.1. The maximum absolute atomic E-state index is 13.2. The number of aliphatic carboxylic acids is 1. The number of rotatable bonds is 18. The summed E-state index contributed by atoms with van der Waals surface area (Å²) in [7, 11) is -4.80. The molecule has 7 rings (SSSR count). The number of fused-ring (bicyclic) bond motifs is 8. The van der Waals surface area contributed by atoms with Crippen LogP contribution in [0.5, 0.6) is 5.88 Å². The normalized spacial score (nSPS) is 13.4. The molecule has 67 heavy (non-hydrogen) atoms. The first-order valence-electron chi connectivity index (χ1n) is 21.1. The van der Waals surface area contributed by atoms with Crippen molar-refractivity contribution < 1.29 is 51.9 Å². The molecule has 5 aromatic heterocycles. The molecule has 1 atom stereocenters. The molecule has 6 N–H and O–H groups in total. The number of nitrogens with two attached hydrogens (primary N) is 1. The van der Waals surface area contributed by atoms with Crippen molar-refractivity contribution in [2.45, 2.75) is 98.2 Å². The summed E-state index contributed by atoms with van der Waals surface area (Å²) in [6.07, 6.45) is 2.03. The van der Waals surface area contributed by atoms with Crippen LogP contribution in [0.3, 0.4) is 0 Å². The van der Waals surface area contributed by atoms with Gasteiger partial charge >= 0.3 is 17.8 Å². The molecule has 0 aliphatic carbocycles. The number of allylic oxidation sites excluding steroid dienone is 4. The third-order valence-corrected chi connectivity index (χ3v) is 13.0. The van der Waals surface area contributed by atoms with Gasteiger partial charge in [0.1, 0.15) is 30.1 Å². The first kappa shape index (κ1) is 47.9. The van der Waals surface area contributed by atoms with E-state index >= 15 is 0 Å². The van der Waals surface area contributed by atoms with Crippen molar-refractivity contribution in [2.75, 3.05) is 13.2 Å². The van der Waals surface area contributed by atoms with E-state index < -0.39 is 33.1 Å². The molecule has 0 fully saturated rings. The fourth-order valence-corrected chi connectivity index (χ4v) is 9.37. The molecule has 0 spiro atoms. The van der Waals surface area contributed by atoms with Crippen molar-refractivity contribution in [3.63, 3.8) is 0 Å². The van der Waals surface area contributed by atoms with Crippen molar-refractivity contribution in [2.24, 2.45) is 5.90 Å². The highest BCUT2D eigenvalue weighted by molar-refractivity contribution is 7.86. The summed E-state index contributed by atoms with van der Waals surface area (Å²) in [4.78, 5) is 69.8. The number of aromatic nitrogens is 8. The van der Waals surface area contributed by atoms with Crippen molar-refractivity contribution in [1.29, 1.82) is 0 Å². The lowest BCUT2D eigenvalue weighted by molar-refractivity contribution is -0.392. The van der Waals surface area contributed by atoms with Crippen LogP contribution in [0.4, 0.5) is 5.82 Å². The molecule has 2 aliphatic heterocycles. The molecule has 2 aliphatic rings. The summed E-state index contributed by atoms with van der Waals surface area (Å²) >= 11 is 0. The second-order valence-electron chi connectivity index (χ2n) is 16.1. The van der Waals surface area contributed by atoms with E-state index in [1.54, 1.807) is 44.4 Å². The Labute approximate surface area is 383 Å². The van der Waals surface area contributed by atoms with Crippen LogP contribution >= 0.6 is 0 Å². The third-order valence-electron chi connectivity index (χ3n) is 12.0. The van der Waals surface area contributed by atoms with Gasteiger partial charge in [0, 0.05) is 41.9 Å². The van der Waals surface area contributed by atoms with Gasteiger partial charge in [0.15, 0.2) is 5.82 Å². The van der Waals surface area contributed by atoms with Crippen LogP contribution in [0.1, 0.15) is 104 Å². The largest absolute Gasteiger partial charge is 0.481 e. The van der Waals surface area contributed by atoms with Crippen LogP contribution in [0.2, 0.25) is 0 Å². The maximum atomic E-state index is 13.2. The number of nitro groups is 1. The molecule has 22 nitrogen and oxygen atoms in total. The van der Waals surface area contributed by atoms with Crippen LogP contribution in [-0.2, 0) is 47.3 Å². The Morgan fingerprint density at radius 2 is 1.39 bits per heavy atom. The molecular weight excluding hydrogens is 893 g/mol. The Kier molecular flexibility index (Phi) is 13.9. The van der Waals surface area contributed by atoms with E-state index in [0.717, 1.165) is 22.9 Å². The molecule has 0 saturated carbocycles. The van der Waals surface area contributed by atoms with Crippen LogP contribution in [0.15, 0.2) is 41.6 Å². The molecular formula is C44H50N10O12S. The first-order valence-corrected chi connectivity index (χ1v) is 22.6. The molecule has 1 unspecified atom stereocenters. The van der Waals surface area contributed by atoms with E-state index in [2.05, 4.69) is 24.9 Å². The zero-order valence-corrected chi connectivity index (χ0v) is 38.6. The molecule has 354 valence electrons. The average molecular weight is 943 g/mol. The van der Waals surface area contributed by atoms with Crippen molar-refractivity contribution in [3.05, 3.63) is 97.9 Å². The van der Waals surface area contributed by atoms with Crippen LogP contribution in [-0.4, -0.2) is 87.2 Å². The third kappa shape index (κ3) is 10.0. The van der Waals surface area contributed by atoms with E-state index in [4.69, 9.17) is 30.2 Å². The summed E-state index contributed by atoms with van der Waals surface area (Å²) in [5.41, 5.74) is 7.72. The molecule has 0 aromatic carbocycles. The number of hydrogen-bond donors (Lipinski definition) is 5. The Hall–Kier alpha value is -7.05. The summed E-state index contributed by atoms with van der Waals surface area (Å²) in [5.74, 6) is 4.66. The number of H-pyrrole nitrogens is 2. The molecule has 23 heteroatoms. The zero-order valence-electron chi connectivity index (χ0n) is 37.8. The Bertz CT molecular complexity index is 3160. The highest BCUT2D eigenvalue weighted by Gasteiger charge is 2.26. The number of carboxylic acids is 1. The first-order chi connectivity index (χ1) is 31.8. The van der Waals surface area contributed by atoms with E-state index in [1.165, 1.54) is 16.8 Å². The Balaban J connectivity index is 1.36. The topological polar surface area (TPSA) is 308 Å². The van der Waals surface area contributed by atoms with E-state index in [0.29, 0.717) is 74.2 Å². The van der Waals surface area contributed by atoms with Crippen LogP contribution in [0.25, 0.3) is 44.4 Å². The number of aryl methyl sites for hydroxylation is 4. The minimum atomic E-state index is -4.80. The fraction of sp³-hybridized carbons (Fsp3) is 0.364. The number of carbonyl (C=O) groups excluding carboxylic acids is 1. The molecule has 8 bridgehead atoms. The summed E-state index contributed by atoms with van der Waals surface area (Å²) in [6.45, 7) is 12.8. The minimum Gasteiger partial charge on any atom is -0.481 e. The molecule has 0 saturated heterocycles. The number of carboxylic acid groups (broad SMARTS) is 1. The average Bonchev–Trinajstić information content (AvgIpc) is 4.08. The minimum absolute atomic E-state index is 0.0312. The quantitative estimate of drug-likeness (QED) is 0.0198. The lowest BCUT2D eigenvalue weighted by atomic mass is 9.98. The highest BCUT2D eigenvalue weighted by Crippen LogP contribution is 2.39. The van der Waals surface area contributed by atoms with Crippen molar-refractivity contribution in [3.8, 4) is 5.88 Å². The number of nitrogens with zero attached hydrogens (tertiary/aromatic N) is 7. The predicted octanol–water partition coefficient (Wildman–Crippen LogP) is 6.81. The summed E-state index contributed by atoms with van der Waals surface area (Å²) in [6, 6.07) is 6.81. The van der Waals surface area contributed by atoms with E-state index in [-0.39, 0.29) is 73.1 Å². The standard InChI is InChI=1S/C44H50N10O12S/c1-22-29(8-10-41(55)56)35-19-36-30(9-11-42(57)64-15-12-52-27(6)46-20-39(52)54(58)59)23(2)31(48-36)16-33-24(3)43(26(5)63-14-13-53-28(7)47-21-40(53)65-66-45)37(50-33)17-34-25(4)44(67(60,61)62)38(51-34)18-32(22)49-35/h16-21,26,50-51H,8-15,45H2,1-7H3,(H,55,56)(H,60,61,62). The van der Waals surface area contributed by atoms with Gasteiger partial charge < -0.3 is 34.7 Å². The smallest absolute Gasteiger partial charge is 0.342 e. The van der Waals surface area contributed by atoms with Gasteiger partial charge in [-0.1, -0.05) is 4.99 Å². The fourth-order valence-electron chi connectivity index (χ4n) is 8.49. The number of aromatic amines is 2. The van der Waals surface area contributed by atoms with Gasteiger partial charge in [0.05, 0.1) is 53.7 Å². The van der Waals surface area contributed by atoms with Gasteiger partial charge in [-0.3, -0.25) is 23.6 Å². The van der Waals surface area contributed by atoms with Gasteiger partial charge in [-0.05, 0) is 117 Å². The Morgan fingerprint density at radius 1 is 0.806 bits per heavy atom. The van der Waals surface area contributed by atoms with Crippen molar-refractivity contribution in [1.82, 2.24) is 39.0 Å². The molecule has 5 aromatic rings. The second kappa shape index (κ2) is 19.4. The lowest BCUT2D eigenvalue weighted by Crippen LogP contribution is -2.13. The number of imidazole rings is 2. The number of esters is 1. The molecule has 7 heterocycles. The van der Waals surface area contributed by atoms with Gasteiger partial charge in [-0.15, -0.1) is 0 Å². The highest BCUT2D eigenvalue weighted by atomic mass is 32.2. The lowest BCUT2D eigenvalue weighted by Gasteiger charge is -2.15. The number of carbonyl (C=O) groups is 2. The Morgan fingerprint density at radius 3 is 2.01 bits per heavy atom. The van der Waals surface area contributed by atoms with Gasteiger partial charge in [0.25, 0.3) is 16.0 Å². The number of nitrogens with one attached hydrogen (secondary N) is 2. The SMILES string of the molecule is CC1=C(CCC(=O)O)c2cc3nc(cc4[nH]c(cc5[nH]c(cc1n2)c(S(=O)(=O)O)c5C)c(C(C)OCCn1c(OON)cnc1C)c4C)C(C)=C3CCC(=O)OCCn1c([N+](=O)[O-])cnc1C. The molecule has 0 radical (unpaired) electrons. The van der Waals surface area contributed by atoms with Gasteiger partial charge in [0.2, 0.25) is 0 Å². The van der Waals surface area contributed by atoms with Gasteiger partial charge in [-0.2, -0.15) is 14.3 Å². The van der Waals surface area contributed by atoms with Crippen LogP contribution in [0, 0.1) is 37.8 Å². The number of ether oxygens (including phenoxy) is 2. The molecule has 0 amide bonds. The monoisotopic (exact) mass is 942 g/mol. The van der Waals surface area contributed by atoms with E-state index in [9.17, 15) is 37.8 Å². The van der Waals surface area contributed by atoms with Crippen LogP contribution < -0.4 is 10.8 Å². The van der Waals surface area contributed by atoms with Gasteiger partial charge in [-0.25, -0.2) is 24.5 Å². The zero-order chi connectivity index (χ0) is 48.5. The summed E-state index contributed by atoms with van der Waals surface area (Å²) < 4.78 is 51.7. The second-order valence-corrected chi connectivity index (χ2v) is 17.5. The number of hydrogen-bond acceptors (Lipinski definition) is 15. The van der Waals surface area contributed by atoms with Crippen molar-refractivity contribution >= 4 is 72.2 Å².